The van der Waals surface area contributed by atoms with Crippen LogP contribution < -0.4 is 5.32 Å². The number of nitrogens with zero attached hydrogens (tertiary/aromatic N) is 5. The standard InChI is InChI=1S/C22H30N6O2S/c1-22(2,3)14-4-5-15-16(12-14)31-21-17(15)19-25-18(26-28(19)13-24-21)20(29)23-6-7-27-8-10-30-11-9-27/h13-14H,4-12H2,1-3H3,(H,23,29). The number of thiophene rings is 1. The fourth-order valence-corrected chi connectivity index (χ4v) is 5.90. The summed E-state index contributed by atoms with van der Waals surface area (Å²) in [5, 5.41) is 8.45. The summed E-state index contributed by atoms with van der Waals surface area (Å²) in [6.45, 7) is 11.7. The number of ether oxygens (including phenoxy) is 1. The van der Waals surface area contributed by atoms with Crippen molar-refractivity contribution >= 4 is 33.1 Å². The largest absolute Gasteiger partial charge is 0.379 e. The first-order chi connectivity index (χ1) is 14.9. The van der Waals surface area contributed by atoms with Gasteiger partial charge in [-0.2, -0.15) is 0 Å². The summed E-state index contributed by atoms with van der Waals surface area (Å²) in [6.07, 6.45) is 4.98. The molecule has 0 radical (unpaired) electrons. The van der Waals surface area contributed by atoms with Crippen LogP contribution in [0.3, 0.4) is 0 Å². The number of morpholine rings is 1. The number of fused-ring (bicyclic) bond motifs is 5. The zero-order chi connectivity index (χ0) is 21.6. The highest BCUT2D eigenvalue weighted by atomic mass is 32.1. The first-order valence-corrected chi connectivity index (χ1v) is 12.0. The average molecular weight is 443 g/mol. The van der Waals surface area contributed by atoms with Gasteiger partial charge >= 0.3 is 0 Å². The minimum Gasteiger partial charge on any atom is -0.379 e. The lowest BCUT2D eigenvalue weighted by Gasteiger charge is -2.33. The van der Waals surface area contributed by atoms with Gasteiger partial charge in [0, 0.05) is 31.1 Å². The van der Waals surface area contributed by atoms with Gasteiger partial charge in [-0.05, 0) is 36.2 Å². The lowest BCUT2D eigenvalue weighted by atomic mass is 9.72. The Hall–Kier alpha value is -2.10. The zero-order valence-corrected chi connectivity index (χ0v) is 19.3. The van der Waals surface area contributed by atoms with E-state index in [1.807, 2.05) is 0 Å². The number of carbonyl (C=O) groups is 1. The smallest absolute Gasteiger partial charge is 0.291 e. The molecule has 2 aliphatic rings. The Bertz CT molecular complexity index is 1110. The maximum Gasteiger partial charge on any atom is 0.291 e. The molecule has 1 N–H and O–H groups in total. The number of aromatic nitrogens is 4. The van der Waals surface area contributed by atoms with Crippen LogP contribution in [0, 0.1) is 11.3 Å². The van der Waals surface area contributed by atoms with Gasteiger partial charge in [0.1, 0.15) is 11.2 Å². The van der Waals surface area contributed by atoms with Gasteiger partial charge in [-0.15, -0.1) is 16.4 Å². The third kappa shape index (κ3) is 4.06. The van der Waals surface area contributed by atoms with Gasteiger partial charge in [-0.25, -0.2) is 14.5 Å². The summed E-state index contributed by atoms with van der Waals surface area (Å²) in [7, 11) is 0. The van der Waals surface area contributed by atoms with Crippen molar-refractivity contribution in [1.29, 1.82) is 0 Å². The zero-order valence-electron chi connectivity index (χ0n) is 18.5. The Labute approximate surface area is 186 Å². The summed E-state index contributed by atoms with van der Waals surface area (Å²) in [4.78, 5) is 26.6. The van der Waals surface area contributed by atoms with Gasteiger partial charge in [0.2, 0.25) is 5.82 Å². The molecular weight excluding hydrogens is 412 g/mol. The second-order valence-corrected chi connectivity index (χ2v) is 10.7. The topological polar surface area (TPSA) is 84.7 Å². The van der Waals surface area contributed by atoms with Crippen molar-refractivity contribution in [3.05, 3.63) is 22.6 Å². The number of aryl methyl sites for hydroxylation is 1. The highest BCUT2D eigenvalue weighted by Gasteiger charge is 2.32. The van der Waals surface area contributed by atoms with Crippen LogP contribution in [-0.4, -0.2) is 69.8 Å². The van der Waals surface area contributed by atoms with Crippen LogP contribution in [0.4, 0.5) is 0 Å². The SMILES string of the molecule is CC(C)(C)C1CCc2c(sc3ncn4nc(C(=O)NCCN5CCOCC5)nc4c23)C1. The van der Waals surface area contributed by atoms with Crippen molar-refractivity contribution < 1.29 is 9.53 Å². The molecule has 3 aromatic rings. The highest BCUT2D eigenvalue weighted by molar-refractivity contribution is 7.19. The molecule has 9 heteroatoms. The first kappa shape index (κ1) is 20.8. The molecule has 0 spiro atoms. The van der Waals surface area contributed by atoms with Gasteiger partial charge in [0.05, 0.1) is 18.6 Å². The van der Waals surface area contributed by atoms with Crippen molar-refractivity contribution in [2.24, 2.45) is 11.3 Å². The fraction of sp³-hybridized carbons (Fsp3) is 0.636. The van der Waals surface area contributed by atoms with Crippen LogP contribution in [0.1, 0.15) is 48.3 Å². The highest BCUT2D eigenvalue weighted by Crippen LogP contribution is 2.43. The molecule has 0 saturated carbocycles. The molecule has 1 aliphatic carbocycles. The Kier molecular flexibility index (Phi) is 5.44. The third-order valence-electron chi connectivity index (χ3n) is 6.63. The molecule has 1 saturated heterocycles. The molecule has 0 bridgehead atoms. The van der Waals surface area contributed by atoms with E-state index in [0.29, 0.717) is 17.9 Å². The van der Waals surface area contributed by atoms with Crippen molar-refractivity contribution in [3.8, 4) is 0 Å². The second kappa shape index (κ2) is 8.11. The number of amides is 1. The normalized spacial score (nSPS) is 20.3. The summed E-state index contributed by atoms with van der Waals surface area (Å²) in [6, 6.07) is 0. The molecule has 5 rings (SSSR count). The van der Waals surface area contributed by atoms with E-state index < -0.39 is 0 Å². The Balaban J connectivity index is 1.36. The third-order valence-corrected chi connectivity index (χ3v) is 7.79. The van der Waals surface area contributed by atoms with Crippen LogP contribution in [0.2, 0.25) is 0 Å². The van der Waals surface area contributed by atoms with Gasteiger partial charge in [0.25, 0.3) is 5.91 Å². The molecule has 8 nitrogen and oxygen atoms in total. The van der Waals surface area contributed by atoms with Crippen LogP contribution >= 0.6 is 11.3 Å². The van der Waals surface area contributed by atoms with Crippen molar-refractivity contribution in [3.63, 3.8) is 0 Å². The molecule has 31 heavy (non-hydrogen) atoms. The van der Waals surface area contributed by atoms with Crippen LogP contribution in [0.5, 0.6) is 0 Å². The summed E-state index contributed by atoms with van der Waals surface area (Å²) in [5.41, 5.74) is 2.40. The molecule has 1 fully saturated rings. The minimum absolute atomic E-state index is 0.208. The van der Waals surface area contributed by atoms with Crippen LogP contribution in [-0.2, 0) is 17.6 Å². The van der Waals surface area contributed by atoms with Crippen LogP contribution in [0.15, 0.2) is 6.33 Å². The number of carbonyl (C=O) groups excluding carboxylic acids is 1. The molecule has 1 aliphatic heterocycles. The lowest BCUT2D eigenvalue weighted by molar-refractivity contribution is 0.0383. The molecule has 166 valence electrons. The summed E-state index contributed by atoms with van der Waals surface area (Å²) in [5.74, 6) is 0.649. The number of nitrogens with one attached hydrogen (secondary N) is 1. The Morgan fingerprint density at radius 2 is 2.13 bits per heavy atom. The maximum atomic E-state index is 12.7. The quantitative estimate of drug-likeness (QED) is 0.669. The summed E-state index contributed by atoms with van der Waals surface area (Å²) < 4.78 is 7.02. The minimum atomic E-state index is -0.234. The number of hydrogen-bond donors (Lipinski definition) is 1. The van der Waals surface area contributed by atoms with Gasteiger partial charge in [-0.1, -0.05) is 20.8 Å². The Morgan fingerprint density at radius 3 is 2.90 bits per heavy atom. The second-order valence-electron chi connectivity index (χ2n) is 9.65. The van der Waals surface area contributed by atoms with E-state index >= 15 is 0 Å². The molecule has 0 aromatic carbocycles. The monoisotopic (exact) mass is 442 g/mol. The molecular formula is C22H30N6O2S. The van der Waals surface area contributed by atoms with E-state index in [-0.39, 0.29) is 11.7 Å². The van der Waals surface area contributed by atoms with E-state index in [1.165, 1.54) is 16.9 Å². The summed E-state index contributed by atoms with van der Waals surface area (Å²) >= 11 is 1.77. The maximum absolute atomic E-state index is 12.7. The Morgan fingerprint density at radius 1 is 1.32 bits per heavy atom. The van der Waals surface area contributed by atoms with Gasteiger partial charge in [-0.3, -0.25) is 9.69 Å². The van der Waals surface area contributed by atoms with E-state index in [4.69, 9.17) is 4.74 Å². The first-order valence-electron chi connectivity index (χ1n) is 11.1. The van der Waals surface area contributed by atoms with Crippen molar-refractivity contribution in [2.45, 2.75) is 40.0 Å². The lowest BCUT2D eigenvalue weighted by Crippen LogP contribution is -2.41. The molecule has 3 aromatic heterocycles. The molecule has 1 amide bonds. The van der Waals surface area contributed by atoms with Gasteiger partial charge < -0.3 is 10.1 Å². The molecule has 1 unspecified atom stereocenters. The molecule has 4 heterocycles. The van der Waals surface area contributed by atoms with E-state index in [9.17, 15) is 4.79 Å². The number of hydrogen-bond acceptors (Lipinski definition) is 7. The van der Waals surface area contributed by atoms with Gasteiger partial charge in [0.15, 0.2) is 5.65 Å². The van der Waals surface area contributed by atoms with Crippen LogP contribution in [0.25, 0.3) is 15.9 Å². The predicted molar refractivity (Wildman–Crippen MR) is 121 cm³/mol. The number of rotatable bonds is 4. The van der Waals surface area contributed by atoms with Crippen molar-refractivity contribution in [2.75, 3.05) is 39.4 Å². The fourth-order valence-electron chi connectivity index (χ4n) is 4.64. The molecule has 1 atom stereocenters. The van der Waals surface area contributed by atoms with Crippen molar-refractivity contribution in [1.82, 2.24) is 29.8 Å². The predicted octanol–water partition coefficient (Wildman–Crippen LogP) is 2.55. The van der Waals surface area contributed by atoms with E-state index in [2.05, 4.69) is 46.1 Å². The average Bonchev–Trinajstić information content (AvgIpc) is 3.34. The van der Waals surface area contributed by atoms with E-state index in [0.717, 1.165) is 61.6 Å². The van der Waals surface area contributed by atoms with E-state index in [1.54, 1.807) is 22.2 Å².